The molecule has 1 fully saturated rings. The van der Waals surface area contributed by atoms with Gasteiger partial charge in [0, 0.05) is 12.2 Å². The number of halogens is 2. The molecule has 21 heavy (non-hydrogen) atoms. The Morgan fingerprint density at radius 3 is 2.76 bits per heavy atom. The lowest BCUT2D eigenvalue weighted by Gasteiger charge is -2.26. The van der Waals surface area contributed by atoms with Gasteiger partial charge in [-0.2, -0.15) is 0 Å². The van der Waals surface area contributed by atoms with E-state index in [1.165, 1.54) is 17.2 Å². The van der Waals surface area contributed by atoms with Crippen LogP contribution < -0.4 is 0 Å². The molecule has 1 unspecified atom stereocenters. The third-order valence-electron chi connectivity index (χ3n) is 3.21. The van der Waals surface area contributed by atoms with E-state index in [1.807, 2.05) is 0 Å². The van der Waals surface area contributed by atoms with Gasteiger partial charge >= 0.3 is 0 Å². The molecule has 0 saturated carbocycles. The Morgan fingerprint density at radius 1 is 1.52 bits per heavy atom. The van der Waals surface area contributed by atoms with Crippen LogP contribution in [0.15, 0.2) is 12.3 Å². The molecule has 0 radical (unpaired) electrons. The number of amides is 1. The maximum atomic E-state index is 12.5. The monoisotopic (exact) mass is 346 g/mol. The number of sulfone groups is 1. The number of hydrogen-bond donors (Lipinski definition) is 0. The summed E-state index contributed by atoms with van der Waals surface area (Å²) in [5.74, 6) is 1.96. The van der Waals surface area contributed by atoms with Crippen LogP contribution in [0, 0.1) is 12.3 Å². The summed E-state index contributed by atoms with van der Waals surface area (Å²) in [6, 6.07) is 0.972. The van der Waals surface area contributed by atoms with E-state index in [0.717, 1.165) is 0 Å². The highest BCUT2D eigenvalue weighted by Gasteiger charge is 2.34. The summed E-state index contributed by atoms with van der Waals surface area (Å²) in [7, 11) is -3.11. The number of nitrogens with zero attached hydrogens (tertiary/aromatic N) is 2. The van der Waals surface area contributed by atoms with Crippen LogP contribution in [0.25, 0.3) is 0 Å². The lowest BCUT2D eigenvalue weighted by Crippen LogP contribution is -2.41. The molecular weight excluding hydrogens is 335 g/mol. The Labute approximate surface area is 133 Å². The maximum Gasteiger partial charge on any atom is 0.256 e. The van der Waals surface area contributed by atoms with Crippen molar-refractivity contribution in [1.29, 1.82) is 0 Å². The van der Waals surface area contributed by atoms with Gasteiger partial charge in [-0.1, -0.05) is 29.1 Å². The molecular formula is C13H12Cl2N2O3S. The quantitative estimate of drug-likeness (QED) is 0.616. The van der Waals surface area contributed by atoms with Crippen LogP contribution in [-0.4, -0.2) is 48.3 Å². The molecule has 2 rings (SSSR count). The molecule has 8 heteroatoms. The molecule has 1 aliphatic heterocycles. The van der Waals surface area contributed by atoms with E-state index < -0.39 is 21.8 Å². The van der Waals surface area contributed by atoms with E-state index in [2.05, 4.69) is 10.9 Å². The van der Waals surface area contributed by atoms with Gasteiger partial charge < -0.3 is 4.90 Å². The van der Waals surface area contributed by atoms with Gasteiger partial charge in [-0.25, -0.2) is 13.4 Å². The summed E-state index contributed by atoms with van der Waals surface area (Å²) >= 11 is 11.6. The number of carbonyl (C=O) groups excluding carboxylic acids is 1. The normalized spacial score (nSPS) is 20.0. The fourth-order valence-electron chi connectivity index (χ4n) is 2.19. The van der Waals surface area contributed by atoms with Crippen molar-refractivity contribution in [3.63, 3.8) is 0 Å². The molecule has 0 N–H and O–H groups in total. The lowest BCUT2D eigenvalue weighted by molar-refractivity contribution is 0.0724. The highest BCUT2D eigenvalue weighted by Crippen LogP contribution is 2.23. The summed E-state index contributed by atoms with van der Waals surface area (Å²) in [5, 5.41) is 0.252. The van der Waals surface area contributed by atoms with E-state index >= 15 is 0 Å². The molecule has 1 saturated heterocycles. The number of carbonyl (C=O) groups is 1. The molecule has 1 aromatic rings. The molecule has 0 bridgehead atoms. The number of terminal acetylenes is 1. The Hall–Kier alpha value is -1.29. The highest BCUT2D eigenvalue weighted by atomic mass is 35.5. The van der Waals surface area contributed by atoms with E-state index in [1.54, 1.807) is 0 Å². The van der Waals surface area contributed by atoms with Gasteiger partial charge in [-0.15, -0.1) is 6.42 Å². The molecule has 5 nitrogen and oxygen atoms in total. The van der Waals surface area contributed by atoms with Crippen molar-refractivity contribution in [2.45, 2.75) is 12.5 Å². The van der Waals surface area contributed by atoms with Crippen LogP contribution in [0.2, 0.25) is 10.2 Å². The lowest BCUT2D eigenvalue weighted by atomic mass is 10.1. The Morgan fingerprint density at radius 2 is 2.24 bits per heavy atom. The van der Waals surface area contributed by atoms with Gasteiger partial charge in [0.15, 0.2) is 9.84 Å². The zero-order valence-corrected chi connectivity index (χ0v) is 13.2. The van der Waals surface area contributed by atoms with Gasteiger partial charge in [0.05, 0.1) is 28.6 Å². The van der Waals surface area contributed by atoms with Crippen LogP contribution in [0.1, 0.15) is 16.8 Å². The first-order valence-electron chi connectivity index (χ1n) is 6.10. The number of aromatic nitrogens is 1. The molecule has 1 aliphatic rings. The van der Waals surface area contributed by atoms with Crippen molar-refractivity contribution in [3.05, 3.63) is 28.0 Å². The molecule has 0 spiro atoms. The second kappa shape index (κ2) is 6.22. The first kappa shape index (κ1) is 16.1. The first-order chi connectivity index (χ1) is 9.84. The number of hydrogen-bond acceptors (Lipinski definition) is 4. The van der Waals surface area contributed by atoms with E-state index in [-0.39, 0.29) is 33.8 Å². The van der Waals surface area contributed by atoms with Crippen molar-refractivity contribution >= 4 is 38.9 Å². The first-order valence-corrected chi connectivity index (χ1v) is 8.67. The van der Waals surface area contributed by atoms with E-state index in [4.69, 9.17) is 29.6 Å². The van der Waals surface area contributed by atoms with Crippen molar-refractivity contribution < 1.29 is 13.2 Å². The number of rotatable bonds is 3. The van der Waals surface area contributed by atoms with Crippen LogP contribution in [-0.2, 0) is 9.84 Å². The zero-order valence-electron chi connectivity index (χ0n) is 10.9. The minimum atomic E-state index is -3.11. The third kappa shape index (κ3) is 3.67. The minimum absolute atomic E-state index is 0.0270. The molecule has 1 amide bonds. The molecule has 112 valence electrons. The van der Waals surface area contributed by atoms with Crippen LogP contribution >= 0.6 is 23.2 Å². The fraction of sp³-hybridized carbons (Fsp3) is 0.385. The van der Waals surface area contributed by atoms with Crippen molar-refractivity contribution in [3.8, 4) is 12.3 Å². The summed E-state index contributed by atoms with van der Waals surface area (Å²) < 4.78 is 23.1. The average molecular weight is 347 g/mol. The second-order valence-electron chi connectivity index (χ2n) is 4.69. The minimum Gasteiger partial charge on any atom is -0.323 e. The van der Waals surface area contributed by atoms with Gasteiger partial charge in [0.25, 0.3) is 5.91 Å². The fourth-order valence-corrected chi connectivity index (χ4v) is 4.19. The molecule has 0 aromatic carbocycles. The molecule has 2 heterocycles. The second-order valence-corrected chi connectivity index (χ2v) is 7.68. The topological polar surface area (TPSA) is 67.3 Å². The van der Waals surface area contributed by atoms with Gasteiger partial charge in [-0.05, 0) is 12.5 Å². The average Bonchev–Trinajstić information content (AvgIpc) is 2.78. The largest absolute Gasteiger partial charge is 0.323 e. The predicted octanol–water partition coefficient (Wildman–Crippen LogP) is 1.65. The van der Waals surface area contributed by atoms with Crippen molar-refractivity contribution in [2.24, 2.45) is 0 Å². The smallest absolute Gasteiger partial charge is 0.256 e. The van der Waals surface area contributed by atoms with Gasteiger partial charge in [0.2, 0.25) is 0 Å². The van der Waals surface area contributed by atoms with Gasteiger partial charge in [-0.3, -0.25) is 4.79 Å². The van der Waals surface area contributed by atoms with Gasteiger partial charge in [0.1, 0.15) is 5.15 Å². The molecule has 1 aromatic heterocycles. The summed E-state index contributed by atoms with van der Waals surface area (Å²) in [6.45, 7) is 0.0270. The summed E-state index contributed by atoms with van der Waals surface area (Å²) in [5.41, 5.74) is 0.226. The maximum absolute atomic E-state index is 12.5. The standard InChI is InChI=1S/C13H12Cl2N2O3S/c1-2-4-17(10-3-5-21(19,20)8-10)13(18)9-6-11(14)12(15)16-7-9/h1,6-7,10H,3-5,8H2. The Balaban J connectivity index is 2.28. The van der Waals surface area contributed by atoms with Crippen LogP contribution in [0.5, 0.6) is 0 Å². The zero-order chi connectivity index (χ0) is 15.6. The van der Waals surface area contributed by atoms with Crippen LogP contribution in [0.4, 0.5) is 0 Å². The van der Waals surface area contributed by atoms with Crippen LogP contribution in [0.3, 0.4) is 0 Å². The van der Waals surface area contributed by atoms with E-state index in [9.17, 15) is 13.2 Å². The Bertz CT molecular complexity index is 713. The summed E-state index contributed by atoms with van der Waals surface area (Å²) in [4.78, 5) is 17.7. The number of pyridine rings is 1. The Kier molecular flexibility index (Phi) is 4.77. The van der Waals surface area contributed by atoms with E-state index in [0.29, 0.717) is 6.42 Å². The summed E-state index contributed by atoms with van der Waals surface area (Å²) in [6.07, 6.45) is 6.95. The molecule has 1 atom stereocenters. The highest BCUT2D eigenvalue weighted by molar-refractivity contribution is 7.91. The third-order valence-corrected chi connectivity index (χ3v) is 5.65. The van der Waals surface area contributed by atoms with Crippen molar-refractivity contribution in [2.75, 3.05) is 18.1 Å². The SMILES string of the molecule is C#CCN(C(=O)c1cnc(Cl)c(Cl)c1)C1CCS(=O)(=O)C1. The predicted molar refractivity (Wildman–Crippen MR) is 81.2 cm³/mol. The van der Waals surface area contributed by atoms with Crippen molar-refractivity contribution in [1.82, 2.24) is 9.88 Å². The molecule has 0 aliphatic carbocycles.